The molecule has 0 saturated carbocycles. The number of nitrogens with one attached hydrogen (secondary N) is 1. The molecule has 0 amide bonds. The number of para-hydroxylation sites is 1. The number of fused-ring (bicyclic) bond motifs is 3. The number of nitro groups is 1. The molecular formula is C18H15ClN2O2. The number of benzene rings is 2. The Morgan fingerprint density at radius 1 is 1.22 bits per heavy atom. The first-order valence-electron chi connectivity index (χ1n) is 7.61. The first kappa shape index (κ1) is 14.3. The Hall–Kier alpha value is -2.33. The fraction of sp³-hybridized carbons (Fsp3) is 0.222. The van der Waals surface area contributed by atoms with Gasteiger partial charge in [-0.1, -0.05) is 48.0 Å². The van der Waals surface area contributed by atoms with Gasteiger partial charge in [-0.15, -0.1) is 0 Å². The zero-order valence-electron chi connectivity index (χ0n) is 12.3. The largest absolute Gasteiger partial charge is 0.376 e. The van der Waals surface area contributed by atoms with Crippen molar-refractivity contribution in [1.29, 1.82) is 0 Å². The number of anilines is 1. The molecule has 116 valence electrons. The van der Waals surface area contributed by atoms with Crippen molar-refractivity contribution in [2.75, 3.05) is 5.32 Å². The zero-order chi connectivity index (χ0) is 16.0. The Morgan fingerprint density at radius 3 is 2.87 bits per heavy atom. The predicted molar refractivity (Wildman–Crippen MR) is 90.9 cm³/mol. The van der Waals surface area contributed by atoms with Crippen LogP contribution in [0.4, 0.5) is 11.4 Å². The van der Waals surface area contributed by atoms with E-state index >= 15 is 0 Å². The molecule has 5 heteroatoms. The van der Waals surface area contributed by atoms with Gasteiger partial charge in [0.25, 0.3) is 5.69 Å². The maximum absolute atomic E-state index is 11.1. The van der Waals surface area contributed by atoms with E-state index in [9.17, 15) is 10.1 Å². The highest BCUT2D eigenvalue weighted by atomic mass is 35.5. The second-order valence-electron chi connectivity index (χ2n) is 6.03. The molecule has 3 atom stereocenters. The summed E-state index contributed by atoms with van der Waals surface area (Å²) in [4.78, 5) is 10.7. The molecule has 2 aromatic carbocycles. The molecule has 0 fully saturated rings. The number of hydrogen-bond acceptors (Lipinski definition) is 3. The molecule has 1 heterocycles. The lowest BCUT2D eigenvalue weighted by atomic mass is 9.77. The molecule has 1 aliphatic carbocycles. The van der Waals surface area contributed by atoms with Gasteiger partial charge >= 0.3 is 0 Å². The van der Waals surface area contributed by atoms with Gasteiger partial charge in [-0.2, -0.15) is 0 Å². The van der Waals surface area contributed by atoms with Gasteiger partial charge in [0, 0.05) is 18.1 Å². The summed E-state index contributed by atoms with van der Waals surface area (Å²) in [7, 11) is 0. The fourth-order valence-electron chi connectivity index (χ4n) is 3.75. The van der Waals surface area contributed by atoms with Gasteiger partial charge in [-0.05, 0) is 29.5 Å². The maximum atomic E-state index is 11.1. The number of hydrogen-bond donors (Lipinski definition) is 1. The van der Waals surface area contributed by atoms with Crippen LogP contribution >= 0.6 is 11.6 Å². The number of non-ortho nitro benzene ring substituents is 1. The Kier molecular flexibility index (Phi) is 3.34. The van der Waals surface area contributed by atoms with Crippen LogP contribution in [0.5, 0.6) is 0 Å². The first-order chi connectivity index (χ1) is 11.1. The smallest absolute Gasteiger partial charge is 0.269 e. The van der Waals surface area contributed by atoms with Crippen molar-refractivity contribution in [1.82, 2.24) is 0 Å². The molecule has 2 aliphatic rings. The van der Waals surface area contributed by atoms with E-state index in [1.807, 2.05) is 18.2 Å². The van der Waals surface area contributed by atoms with Crippen molar-refractivity contribution in [3.8, 4) is 0 Å². The Morgan fingerprint density at radius 2 is 2.04 bits per heavy atom. The maximum Gasteiger partial charge on any atom is 0.269 e. The molecule has 2 aromatic rings. The molecule has 0 bridgehead atoms. The van der Waals surface area contributed by atoms with Crippen molar-refractivity contribution >= 4 is 23.0 Å². The number of rotatable bonds is 2. The molecule has 0 unspecified atom stereocenters. The van der Waals surface area contributed by atoms with Crippen LogP contribution in [0.1, 0.15) is 29.5 Å². The third-order valence-corrected chi connectivity index (χ3v) is 5.10. The lowest BCUT2D eigenvalue weighted by Crippen LogP contribution is -2.29. The van der Waals surface area contributed by atoms with Gasteiger partial charge in [0.15, 0.2) is 0 Å². The fourth-order valence-corrected chi connectivity index (χ4v) is 3.98. The van der Waals surface area contributed by atoms with E-state index in [0.717, 1.165) is 17.7 Å². The van der Waals surface area contributed by atoms with Crippen LogP contribution < -0.4 is 5.32 Å². The van der Waals surface area contributed by atoms with E-state index in [1.165, 1.54) is 11.6 Å². The van der Waals surface area contributed by atoms with Gasteiger partial charge in [0.1, 0.15) is 0 Å². The predicted octanol–water partition coefficient (Wildman–Crippen LogP) is 5.07. The quantitative estimate of drug-likeness (QED) is 0.476. The van der Waals surface area contributed by atoms with E-state index in [4.69, 9.17) is 11.6 Å². The molecule has 0 spiro atoms. The normalized spacial score (nSPS) is 24.7. The van der Waals surface area contributed by atoms with Crippen LogP contribution in [-0.2, 0) is 0 Å². The highest BCUT2D eigenvalue weighted by Crippen LogP contribution is 2.51. The first-order valence-corrected chi connectivity index (χ1v) is 7.99. The molecular weight excluding hydrogens is 312 g/mol. The van der Waals surface area contributed by atoms with Crippen LogP contribution in [0.25, 0.3) is 0 Å². The van der Waals surface area contributed by atoms with Gasteiger partial charge in [-0.3, -0.25) is 10.1 Å². The van der Waals surface area contributed by atoms with Gasteiger partial charge in [0.05, 0.1) is 21.7 Å². The lowest BCUT2D eigenvalue weighted by molar-refractivity contribution is -0.384. The summed E-state index contributed by atoms with van der Waals surface area (Å²) in [6.07, 6.45) is 5.37. The van der Waals surface area contributed by atoms with Crippen LogP contribution in [-0.4, -0.2) is 4.92 Å². The average Bonchev–Trinajstić information content (AvgIpc) is 3.04. The topological polar surface area (TPSA) is 55.2 Å². The monoisotopic (exact) mass is 326 g/mol. The van der Waals surface area contributed by atoms with Crippen molar-refractivity contribution in [3.63, 3.8) is 0 Å². The van der Waals surface area contributed by atoms with Gasteiger partial charge < -0.3 is 5.32 Å². The van der Waals surface area contributed by atoms with Crippen molar-refractivity contribution in [3.05, 3.63) is 80.9 Å². The van der Waals surface area contributed by atoms with Crippen molar-refractivity contribution in [2.45, 2.75) is 18.4 Å². The molecule has 1 aliphatic heterocycles. The number of allylic oxidation sites excluding steroid dienone is 2. The molecule has 4 rings (SSSR count). The minimum absolute atomic E-state index is 0.0160. The van der Waals surface area contributed by atoms with E-state index < -0.39 is 0 Å². The third kappa shape index (κ3) is 2.30. The zero-order valence-corrected chi connectivity index (χ0v) is 13.0. The number of halogens is 1. The molecule has 0 radical (unpaired) electrons. The van der Waals surface area contributed by atoms with E-state index in [0.29, 0.717) is 16.9 Å². The van der Waals surface area contributed by atoms with Crippen molar-refractivity contribution < 1.29 is 4.92 Å². The Balaban J connectivity index is 1.80. The second-order valence-corrected chi connectivity index (χ2v) is 6.44. The number of nitro benzene ring substituents is 1. The molecule has 0 aromatic heterocycles. The summed E-state index contributed by atoms with van der Waals surface area (Å²) in [6, 6.07) is 12.8. The van der Waals surface area contributed by atoms with E-state index in [2.05, 4.69) is 23.5 Å². The van der Waals surface area contributed by atoms with E-state index in [-0.39, 0.29) is 16.7 Å². The SMILES string of the molecule is O=[N+]([O-])c1cccc([C@H]2Nc3c(Cl)cccc3[C@H]3C=CC[C@H]32)c1. The van der Waals surface area contributed by atoms with Crippen LogP contribution in [0.3, 0.4) is 0 Å². The minimum atomic E-state index is -0.350. The summed E-state index contributed by atoms with van der Waals surface area (Å²) in [6.45, 7) is 0. The van der Waals surface area contributed by atoms with Crippen molar-refractivity contribution in [2.24, 2.45) is 5.92 Å². The minimum Gasteiger partial charge on any atom is -0.376 e. The Labute approximate surface area is 138 Å². The second kappa shape index (κ2) is 5.39. The van der Waals surface area contributed by atoms with Crippen LogP contribution in [0.15, 0.2) is 54.6 Å². The highest BCUT2D eigenvalue weighted by Gasteiger charge is 2.38. The summed E-state index contributed by atoms with van der Waals surface area (Å²) >= 11 is 6.37. The van der Waals surface area contributed by atoms with Gasteiger partial charge in [0.2, 0.25) is 0 Å². The highest BCUT2D eigenvalue weighted by molar-refractivity contribution is 6.33. The third-order valence-electron chi connectivity index (χ3n) is 4.79. The summed E-state index contributed by atoms with van der Waals surface area (Å²) in [5.74, 6) is 0.650. The summed E-state index contributed by atoms with van der Waals surface area (Å²) < 4.78 is 0. The summed E-state index contributed by atoms with van der Waals surface area (Å²) in [5.41, 5.74) is 3.21. The van der Waals surface area contributed by atoms with E-state index in [1.54, 1.807) is 12.1 Å². The van der Waals surface area contributed by atoms with Crippen LogP contribution in [0, 0.1) is 16.0 Å². The molecule has 1 N–H and O–H groups in total. The average molecular weight is 327 g/mol. The van der Waals surface area contributed by atoms with Gasteiger partial charge in [-0.25, -0.2) is 0 Å². The molecule has 23 heavy (non-hydrogen) atoms. The van der Waals surface area contributed by atoms with Crippen LogP contribution in [0.2, 0.25) is 5.02 Å². The Bertz CT molecular complexity index is 818. The molecule has 0 saturated heterocycles. The lowest BCUT2D eigenvalue weighted by Gasteiger charge is -2.37. The number of nitrogens with zero attached hydrogens (tertiary/aromatic N) is 1. The summed E-state index contributed by atoms with van der Waals surface area (Å²) in [5, 5.41) is 15.3. The standard InChI is InChI=1S/C18H15ClN2O2/c19-16-9-3-8-15-13-6-2-7-14(13)17(20-18(15)16)11-4-1-5-12(10-11)21(22)23/h1-6,8-10,13-14,17,20H,7H2/t13-,14+,17+/m0/s1. The molecule has 4 nitrogen and oxygen atoms in total.